The van der Waals surface area contributed by atoms with Gasteiger partial charge in [0.05, 0.1) is 11.9 Å². The molecule has 164 valence electrons. The number of piperazine rings is 1. The highest BCUT2D eigenvalue weighted by Crippen LogP contribution is 2.31. The molecule has 1 aromatic heterocycles. The molecule has 0 spiro atoms. The Balaban J connectivity index is 1.75. The molecule has 0 bridgehead atoms. The van der Waals surface area contributed by atoms with Crippen LogP contribution in [-0.4, -0.2) is 60.7 Å². The zero-order chi connectivity index (χ0) is 22.1. The first-order chi connectivity index (χ1) is 14.1. The Bertz CT molecular complexity index is 979. The van der Waals surface area contributed by atoms with Gasteiger partial charge in [-0.15, -0.1) is 0 Å². The predicted octanol–water partition coefficient (Wildman–Crippen LogP) is 3.14. The maximum Gasteiger partial charge on any atom is 0.401 e. The monoisotopic (exact) mass is 426 g/mol. The van der Waals surface area contributed by atoms with Gasteiger partial charge < -0.3 is 14.1 Å². The number of benzene rings is 1. The van der Waals surface area contributed by atoms with Crippen molar-refractivity contribution in [3.05, 3.63) is 39.7 Å². The first-order valence-electron chi connectivity index (χ1n) is 9.89. The number of nitrogens with zero attached hydrogens (tertiary/aromatic N) is 2. The highest BCUT2D eigenvalue weighted by molar-refractivity contribution is 5.88. The fourth-order valence-electron chi connectivity index (χ4n) is 3.72. The van der Waals surface area contributed by atoms with E-state index >= 15 is 0 Å². The van der Waals surface area contributed by atoms with Crippen LogP contribution >= 0.6 is 0 Å². The molecule has 1 aliphatic rings. The number of carbonyl (C=O) groups excluding carboxylic acids is 1. The van der Waals surface area contributed by atoms with Crippen LogP contribution in [-0.2, 0) is 11.2 Å². The molecule has 1 amide bonds. The Kier molecular flexibility index (Phi) is 6.40. The van der Waals surface area contributed by atoms with E-state index in [1.54, 1.807) is 19.1 Å². The van der Waals surface area contributed by atoms with E-state index in [2.05, 4.69) is 0 Å². The first kappa shape index (κ1) is 22.1. The van der Waals surface area contributed by atoms with Gasteiger partial charge in [0.1, 0.15) is 11.3 Å². The van der Waals surface area contributed by atoms with Gasteiger partial charge in [-0.25, -0.2) is 4.79 Å². The minimum absolute atomic E-state index is 0.163. The summed E-state index contributed by atoms with van der Waals surface area (Å²) in [4.78, 5) is 27.4. The molecule has 2 aromatic rings. The second-order valence-corrected chi connectivity index (χ2v) is 7.56. The number of alkyl halides is 3. The molecular formula is C21H25F3N2O4. The maximum absolute atomic E-state index is 12.8. The van der Waals surface area contributed by atoms with Gasteiger partial charge in [-0.05, 0) is 43.5 Å². The van der Waals surface area contributed by atoms with Crippen molar-refractivity contribution in [3.63, 3.8) is 0 Å². The second-order valence-electron chi connectivity index (χ2n) is 7.56. The summed E-state index contributed by atoms with van der Waals surface area (Å²) in [7, 11) is 0. The highest BCUT2D eigenvalue weighted by atomic mass is 19.4. The Morgan fingerprint density at radius 1 is 1.20 bits per heavy atom. The van der Waals surface area contributed by atoms with E-state index in [-0.39, 0.29) is 32.1 Å². The van der Waals surface area contributed by atoms with Crippen LogP contribution in [0, 0.1) is 6.92 Å². The number of halogens is 3. The van der Waals surface area contributed by atoms with Gasteiger partial charge >= 0.3 is 11.8 Å². The summed E-state index contributed by atoms with van der Waals surface area (Å²) < 4.78 is 48.9. The summed E-state index contributed by atoms with van der Waals surface area (Å²) in [5.74, 6) is 0.161. The van der Waals surface area contributed by atoms with Crippen LogP contribution < -0.4 is 10.4 Å². The van der Waals surface area contributed by atoms with Crippen molar-refractivity contribution >= 4 is 16.9 Å². The number of amides is 1. The van der Waals surface area contributed by atoms with Gasteiger partial charge in [-0.2, -0.15) is 13.2 Å². The van der Waals surface area contributed by atoms with Crippen molar-refractivity contribution in [2.75, 3.05) is 32.7 Å². The lowest BCUT2D eigenvalue weighted by Gasteiger charge is -2.36. The third kappa shape index (κ3) is 5.13. The van der Waals surface area contributed by atoms with Gasteiger partial charge in [-0.1, -0.05) is 6.92 Å². The zero-order valence-corrected chi connectivity index (χ0v) is 17.2. The Morgan fingerprint density at radius 3 is 2.47 bits per heavy atom. The molecule has 0 aliphatic carbocycles. The summed E-state index contributed by atoms with van der Waals surface area (Å²) in [5.41, 5.74) is 1.53. The number of ether oxygens (including phenoxy) is 1. The lowest BCUT2D eigenvalue weighted by Crippen LogP contribution is -2.53. The number of aryl methyl sites for hydroxylation is 2. The van der Waals surface area contributed by atoms with E-state index in [4.69, 9.17) is 9.15 Å². The van der Waals surface area contributed by atoms with Crippen molar-refractivity contribution < 1.29 is 27.1 Å². The first-order valence-corrected chi connectivity index (χ1v) is 9.89. The van der Waals surface area contributed by atoms with E-state index in [0.29, 0.717) is 23.1 Å². The molecule has 1 unspecified atom stereocenters. The average molecular weight is 426 g/mol. The van der Waals surface area contributed by atoms with Crippen LogP contribution in [0.15, 0.2) is 27.4 Å². The fraction of sp³-hybridized carbons (Fsp3) is 0.524. The Morgan fingerprint density at radius 2 is 1.87 bits per heavy atom. The zero-order valence-electron chi connectivity index (χ0n) is 17.2. The van der Waals surface area contributed by atoms with Crippen LogP contribution in [0.4, 0.5) is 13.2 Å². The number of fused-ring (bicyclic) bond motifs is 1. The van der Waals surface area contributed by atoms with E-state index in [1.165, 1.54) is 15.9 Å². The third-order valence-corrected chi connectivity index (χ3v) is 5.15. The van der Waals surface area contributed by atoms with E-state index in [0.717, 1.165) is 11.1 Å². The summed E-state index contributed by atoms with van der Waals surface area (Å²) in [5, 5.41) is 0.650. The molecule has 1 atom stereocenters. The Labute approximate surface area is 172 Å². The van der Waals surface area contributed by atoms with Gasteiger partial charge in [0.25, 0.3) is 5.91 Å². The van der Waals surface area contributed by atoms with Gasteiger partial charge in [0.15, 0.2) is 6.10 Å². The van der Waals surface area contributed by atoms with Crippen molar-refractivity contribution in [2.24, 2.45) is 0 Å². The van der Waals surface area contributed by atoms with Crippen LogP contribution in [0.1, 0.15) is 25.0 Å². The topological polar surface area (TPSA) is 63.0 Å². The molecule has 1 fully saturated rings. The van der Waals surface area contributed by atoms with Crippen LogP contribution in [0.2, 0.25) is 0 Å². The molecule has 0 saturated carbocycles. The molecule has 2 heterocycles. The van der Waals surface area contributed by atoms with Crippen molar-refractivity contribution in [2.45, 2.75) is 39.5 Å². The predicted molar refractivity (Wildman–Crippen MR) is 106 cm³/mol. The van der Waals surface area contributed by atoms with Gasteiger partial charge in [0, 0.05) is 32.2 Å². The van der Waals surface area contributed by atoms with Crippen LogP contribution in [0.3, 0.4) is 0 Å². The summed E-state index contributed by atoms with van der Waals surface area (Å²) in [6.45, 7) is 5.14. The maximum atomic E-state index is 12.8. The highest BCUT2D eigenvalue weighted by Gasteiger charge is 2.34. The Hall–Kier alpha value is -2.55. The van der Waals surface area contributed by atoms with E-state index in [1.807, 2.05) is 13.8 Å². The van der Waals surface area contributed by atoms with Crippen LogP contribution in [0.5, 0.6) is 5.75 Å². The van der Waals surface area contributed by atoms with Crippen molar-refractivity contribution in [1.29, 1.82) is 0 Å². The standard InChI is InChI=1S/C21H25F3N2O4/c1-4-15-11-18(27)30-17-10-13(2)9-16(19(15)17)29-14(3)20(28)26-7-5-25(6-8-26)12-21(22,23)24/h9-11,14H,4-8,12H2,1-3H3. The lowest BCUT2D eigenvalue weighted by atomic mass is 10.0. The third-order valence-electron chi connectivity index (χ3n) is 5.15. The number of hydrogen-bond donors (Lipinski definition) is 0. The normalized spacial score (nSPS) is 16.7. The lowest BCUT2D eigenvalue weighted by molar-refractivity contribution is -0.153. The molecule has 3 rings (SSSR count). The molecule has 0 radical (unpaired) electrons. The summed E-state index contributed by atoms with van der Waals surface area (Å²) >= 11 is 0. The molecule has 1 aromatic carbocycles. The van der Waals surface area contributed by atoms with Crippen LogP contribution in [0.25, 0.3) is 11.0 Å². The molecule has 6 nitrogen and oxygen atoms in total. The van der Waals surface area contributed by atoms with E-state index in [9.17, 15) is 22.8 Å². The number of carbonyl (C=O) groups is 1. The summed E-state index contributed by atoms with van der Waals surface area (Å²) in [6.07, 6.45) is -4.49. The number of rotatable bonds is 5. The number of hydrogen-bond acceptors (Lipinski definition) is 5. The van der Waals surface area contributed by atoms with E-state index < -0.39 is 24.5 Å². The minimum atomic E-state index is -4.25. The quantitative estimate of drug-likeness (QED) is 0.688. The van der Waals surface area contributed by atoms with Gasteiger partial charge in [0.2, 0.25) is 0 Å². The molecule has 9 heteroatoms. The molecular weight excluding hydrogens is 401 g/mol. The average Bonchev–Trinajstić information content (AvgIpc) is 2.65. The fourth-order valence-corrected chi connectivity index (χ4v) is 3.72. The minimum Gasteiger partial charge on any atom is -0.480 e. The molecule has 0 N–H and O–H groups in total. The van der Waals surface area contributed by atoms with Crippen molar-refractivity contribution in [1.82, 2.24) is 9.80 Å². The largest absolute Gasteiger partial charge is 0.480 e. The summed E-state index contributed by atoms with van der Waals surface area (Å²) in [6, 6.07) is 4.94. The molecule has 30 heavy (non-hydrogen) atoms. The second kappa shape index (κ2) is 8.67. The molecule has 1 aliphatic heterocycles. The SMILES string of the molecule is CCc1cc(=O)oc2cc(C)cc(OC(C)C(=O)N3CCN(CC(F)(F)F)CC3)c12. The smallest absolute Gasteiger partial charge is 0.401 e. The van der Waals surface area contributed by atoms with Crippen molar-refractivity contribution in [3.8, 4) is 5.75 Å². The van der Waals surface area contributed by atoms with Gasteiger partial charge in [-0.3, -0.25) is 9.69 Å². The molecule has 1 saturated heterocycles.